The van der Waals surface area contributed by atoms with E-state index < -0.39 is 17.3 Å². The average molecular weight is 586 g/mol. The molecule has 2 aromatic carbocycles. The summed E-state index contributed by atoms with van der Waals surface area (Å²) in [4.78, 5) is 37.0. The van der Waals surface area contributed by atoms with Gasteiger partial charge in [-0.15, -0.1) is 0 Å². The van der Waals surface area contributed by atoms with Crippen LogP contribution in [0.2, 0.25) is 0 Å². The normalized spacial score (nSPS) is 16.5. The first-order chi connectivity index (χ1) is 20.6. The molecule has 7 nitrogen and oxygen atoms in total. The van der Waals surface area contributed by atoms with E-state index in [0.717, 1.165) is 44.6 Å². The molecule has 2 fully saturated rings. The van der Waals surface area contributed by atoms with Gasteiger partial charge in [-0.1, -0.05) is 24.3 Å². The van der Waals surface area contributed by atoms with Crippen LogP contribution >= 0.6 is 0 Å². The molecule has 1 saturated heterocycles. The van der Waals surface area contributed by atoms with E-state index in [-0.39, 0.29) is 40.2 Å². The van der Waals surface area contributed by atoms with Crippen LogP contribution in [0.25, 0.3) is 16.5 Å². The van der Waals surface area contributed by atoms with Crippen LogP contribution in [0.1, 0.15) is 66.7 Å². The van der Waals surface area contributed by atoms with E-state index in [1.807, 2.05) is 6.07 Å². The maximum absolute atomic E-state index is 15.4. The Kier molecular flexibility index (Phi) is 7.87. The number of pyridine rings is 2. The number of hydrogen-bond acceptors (Lipinski definition) is 5. The van der Waals surface area contributed by atoms with E-state index in [0.29, 0.717) is 23.5 Å². The topological polar surface area (TPSA) is 70.5 Å². The maximum Gasteiger partial charge on any atom is 0.266 e. The van der Waals surface area contributed by atoms with Crippen LogP contribution in [0.3, 0.4) is 0 Å². The number of hydrogen-bond donors (Lipinski definition) is 1. The summed E-state index contributed by atoms with van der Waals surface area (Å²) in [5.41, 5.74) is 2.03. The van der Waals surface area contributed by atoms with Gasteiger partial charge in [-0.3, -0.25) is 28.9 Å². The first-order valence-electron chi connectivity index (χ1n) is 14.9. The van der Waals surface area contributed by atoms with E-state index >= 15 is 4.39 Å². The molecule has 1 saturated carbocycles. The van der Waals surface area contributed by atoms with Crippen molar-refractivity contribution in [3.05, 3.63) is 105 Å². The highest BCUT2D eigenvalue weighted by molar-refractivity contribution is 6.08. The number of nitrogens with one attached hydrogen (secondary N) is 1. The Morgan fingerprint density at radius 3 is 2.37 bits per heavy atom. The zero-order valence-electron chi connectivity index (χ0n) is 24.9. The van der Waals surface area contributed by atoms with Crippen molar-refractivity contribution in [1.82, 2.24) is 24.7 Å². The summed E-state index contributed by atoms with van der Waals surface area (Å²) in [6.07, 6.45) is 5.00. The monoisotopic (exact) mass is 585 g/mol. The van der Waals surface area contributed by atoms with Crippen molar-refractivity contribution < 1.29 is 13.6 Å². The zero-order valence-corrected chi connectivity index (χ0v) is 24.9. The van der Waals surface area contributed by atoms with Crippen molar-refractivity contribution in [3.63, 3.8) is 0 Å². The molecule has 1 N–H and O–H groups in total. The first kappa shape index (κ1) is 29.1. The van der Waals surface area contributed by atoms with Gasteiger partial charge in [0.25, 0.3) is 11.5 Å². The van der Waals surface area contributed by atoms with Gasteiger partial charge in [0, 0.05) is 56.4 Å². The molecule has 43 heavy (non-hydrogen) atoms. The predicted molar refractivity (Wildman–Crippen MR) is 163 cm³/mol. The van der Waals surface area contributed by atoms with Gasteiger partial charge in [-0.2, -0.15) is 0 Å². The number of piperazine rings is 1. The largest absolute Gasteiger partial charge is 0.348 e. The lowest BCUT2D eigenvalue weighted by Gasteiger charge is -2.42. The summed E-state index contributed by atoms with van der Waals surface area (Å²) in [6, 6.07) is 12.8. The van der Waals surface area contributed by atoms with Gasteiger partial charge < -0.3 is 5.32 Å². The third-order valence-corrected chi connectivity index (χ3v) is 8.65. The molecule has 0 spiro atoms. The number of halogens is 2. The van der Waals surface area contributed by atoms with Gasteiger partial charge >= 0.3 is 0 Å². The van der Waals surface area contributed by atoms with E-state index in [1.165, 1.54) is 22.8 Å². The van der Waals surface area contributed by atoms with E-state index in [9.17, 15) is 14.0 Å². The van der Waals surface area contributed by atoms with Crippen LogP contribution in [-0.4, -0.2) is 57.0 Å². The molecule has 4 aromatic rings. The number of nitrogens with zero attached hydrogens (tertiary/aromatic N) is 4. The molecule has 224 valence electrons. The lowest BCUT2D eigenvalue weighted by Crippen LogP contribution is -2.53. The van der Waals surface area contributed by atoms with Crippen molar-refractivity contribution in [2.75, 3.05) is 26.2 Å². The van der Waals surface area contributed by atoms with Gasteiger partial charge in [-0.25, -0.2) is 8.78 Å². The first-order valence-corrected chi connectivity index (χ1v) is 14.9. The van der Waals surface area contributed by atoms with Gasteiger partial charge in [0.2, 0.25) is 0 Å². The Bertz CT molecular complexity index is 1720. The second kappa shape index (κ2) is 11.6. The molecular formula is C34H37F2N5O2. The van der Waals surface area contributed by atoms with Crippen LogP contribution in [0, 0.1) is 11.6 Å². The summed E-state index contributed by atoms with van der Waals surface area (Å²) in [5, 5.41) is 3.10. The Hall–Kier alpha value is -3.95. The number of aromatic nitrogens is 2. The Labute approximate surface area is 250 Å². The summed E-state index contributed by atoms with van der Waals surface area (Å²) >= 11 is 0. The SMILES string of the molecule is CC(C)(C)N1CCN(Cc2c(C(=O)NCc3cccc(F)c3C3CC3)c3cccc(F)c3c(=O)n2-c2cccnc2)CC1. The van der Waals surface area contributed by atoms with Crippen LogP contribution in [-0.2, 0) is 13.1 Å². The molecule has 9 heteroatoms. The number of rotatable bonds is 7. The highest BCUT2D eigenvalue weighted by Crippen LogP contribution is 2.43. The smallest absolute Gasteiger partial charge is 0.266 e. The minimum Gasteiger partial charge on any atom is -0.348 e. The molecule has 1 aliphatic heterocycles. The third kappa shape index (κ3) is 5.84. The molecule has 2 aromatic heterocycles. The quantitative estimate of drug-likeness (QED) is 0.315. The Balaban J connectivity index is 1.45. The predicted octanol–water partition coefficient (Wildman–Crippen LogP) is 5.39. The molecule has 0 atom stereocenters. The van der Waals surface area contributed by atoms with Gasteiger partial charge in [0.15, 0.2) is 0 Å². The van der Waals surface area contributed by atoms with Crippen LogP contribution < -0.4 is 10.9 Å². The van der Waals surface area contributed by atoms with E-state index in [1.54, 1.807) is 36.7 Å². The number of amides is 1. The molecule has 0 unspecified atom stereocenters. The fraction of sp³-hybridized carbons (Fsp3) is 0.382. The lowest BCUT2D eigenvalue weighted by atomic mass is 9.99. The highest BCUT2D eigenvalue weighted by Gasteiger charge is 2.31. The molecule has 0 radical (unpaired) electrons. The second-order valence-electron chi connectivity index (χ2n) is 12.5. The second-order valence-corrected chi connectivity index (χ2v) is 12.5. The molecule has 0 bridgehead atoms. The summed E-state index contributed by atoms with van der Waals surface area (Å²) in [7, 11) is 0. The Morgan fingerprint density at radius 1 is 0.977 bits per heavy atom. The molecule has 1 amide bonds. The van der Waals surface area contributed by atoms with Crippen molar-refractivity contribution >= 4 is 16.7 Å². The van der Waals surface area contributed by atoms with Crippen molar-refractivity contribution in [2.45, 2.75) is 58.2 Å². The molecule has 2 aliphatic rings. The third-order valence-electron chi connectivity index (χ3n) is 8.65. The van der Waals surface area contributed by atoms with Crippen LogP contribution in [0.15, 0.2) is 65.7 Å². The fourth-order valence-corrected chi connectivity index (χ4v) is 6.23. The number of carbonyl (C=O) groups is 1. The van der Waals surface area contributed by atoms with Gasteiger partial charge in [0.05, 0.1) is 28.5 Å². The summed E-state index contributed by atoms with van der Waals surface area (Å²) in [6.45, 7) is 10.2. The molecular weight excluding hydrogens is 548 g/mol. The Morgan fingerprint density at radius 2 is 1.70 bits per heavy atom. The van der Waals surface area contributed by atoms with Crippen LogP contribution in [0.4, 0.5) is 8.78 Å². The highest BCUT2D eigenvalue weighted by atomic mass is 19.1. The summed E-state index contributed by atoms with van der Waals surface area (Å²) in [5.74, 6) is -1.23. The number of fused-ring (bicyclic) bond motifs is 1. The number of carbonyl (C=O) groups excluding carboxylic acids is 1. The minimum absolute atomic E-state index is 0.0334. The van der Waals surface area contributed by atoms with Crippen LogP contribution in [0.5, 0.6) is 0 Å². The van der Waals surface area contributed by atoms with Crippen molar-refractivity contribution in [3.8, 4) is 5.69 Å². The fourth-order valence-electron chi connectivity index (χ4n) is 6.23. The maximum atomic E-state index is 15.4. The van der Waals surface area contributed by atoms with Gasteiger partial charge in [0.1, 0.15) is 11.6 Å². The molecule has 3 heterocycles. The molecule has 6 rings (SSSR count). The van der Waals surface area contributed by atoms with Crippen molar-refractivity contribution in [1.29, 1.82) is 0 Å². The summed E-state index contributed by atoms with van der Waals surface area (Å²) < 4.78 is 31.5. The standard InChI is InChI=1S/C34H37F2N5O2/c1-34(2,3)40-17-15-39(16-18-40)21-28-31(32(42)38-19-23-7-4-10-26(35)29(23)22-12-13-22)25-9-5-11-27(36)30(25)33(43)41(28)24-8-6-14-37-20-24/h4-11,14,20,22H,12-13,15-19,21H2,1-3H3,(H,38,42). The number of benzene rings is 2. The average Bonchev–Trinajstić information content (AvgIpc) is 3.82. The zero-order chi connectivity index (χ0) is 30.3. The van der Waals surface area contributed by atoms with E-state index in [2.05, 4.69) is 40.9 Å². The minimum atomic E-state index is -0.694. The van der Waals surface area contributed by atoms with Crippen molar-refractivity contribution in [2.24, 2.45) is 0 Å². The lowest BCUT2D eigenvalue weighted by molar-refractivity contribution is 0.0581. The molecule has 1 aliphatic carbocycles. The van der Waals surface area contributed by atoms with E-state index in [4.69, 9.17) is 0 Å². The van der Waals surface area contributed by atoms with Gasteiger partial charge in [-0.05, 0) is 74.9 Å².